The maximum Gasteiger partial charge on any atom is 0.252 e. The van der Waals surface area contributed by atoms with Crippen LogP contribution in [-0.4, -0.2) is 6.71 Å². The van der Waals surface area contributed by atoms with Crippen molar-refractivity contribution in [2.45, 2.75) is 137 Å². The van der Waals surface area contributed by atoms with E-state index in [9.17, 15) is 0 Å². The van der Waals surface area contributed by atoms with Gasteiger partial charge in [0.25, 0.3) is 6.71 Å². The summed E-state index contributed by atoms with van der Waals surface area (Å²) in [7, 11) is 0. The van der Waals surface area contributed by atoms with Crippen LogP contribution >= 0.6 is 0 Å². The molecule has 6 aromatic carbocycles. The van der Waals surface area contributed by atoms with E-state index >= 15 is 0 Å². The van der Waals surface area contributed by atoms with Gasteiger partial charge in [0.2, 0.25) is 0 Å². The molecule has 0 spiro atoms. The fourth-order valence-electron chi connectivity index (χ4n) is 11.5. The van der Waals surface area contributed by atoms with Crippen LogP contribution < -0.4 is 26.2 Å². The summed E-state index contributed by atoms with van der Waals surface area (Å²) in [6.45, 7) is 33.5. The molecular formula is C57H63BN2. The molecule has 0 saturated carbocycles. The lowest BCUT2D eigenvalue weighted by Crippen LogP contribution is -2.62. The standard InChI is InChI=1S/C57H63BN2/c1-34-28-49-52-50(29-34)60(47-21-17-20-40-51(47)38-18-15-16-19-39(38)57(40,13)14)46-25-23-37(54(6,7)8)31-43(46)58(52)44-32-41-42(56(11,12)27-26-55(41,9)10)33-48(44)59(49)45-24-22-36(30-35(45)2)53(3,4)5/h15-25,28-33H,26-27H2,1-14H3. The van der Waals surface area contributed by atoms with Crippen molar-refractivity contribution < 1.29 is 0 Å². The molecule has 4 aliphatic rings. The van der Waals surface area contributed by atoms with Gasteiger partial charge in [0.05, 0.1) is 5.69 Å². The molecule has 0 fully saturated rings. The molecule has 2 heterocycles. The number of fused-ring (bicyclic) bond motifs is 8. The van der Waals surface area contributed by atoms with Crippen LogP contribution in [0.4, 0.5) is 34.1 Å². The quantitative estimate of drug-likeness (QED) is 0.161. The van der Waals surface area contributed by atoms with E-state index in [1.165, 1.54) is 119 Å². The molecule has 0 N–H and O–H groups in total. The minimum absolute atomic E-state index is 0.00941. The maximum absolute atomic E-state index is 2.68. The lowest BCUT2D eigenvalue weighted by atomic mass is 9.33. The van der Waals surface area contributed by atoms with Crippen molar-refractivity contribution in [1.82, 2.24) is 0 Å². The fraction of sp³-hybridized carbons (Fsp3) is 0.368. The molecule has 2 aliphatic carbocycles. The van der Waals surface area contributed by atoms with Crippen LogP contribution in [0.1, 0.15) is 140 Å². The Morgan fingerprint density at radius 3 is 1.67 bits per heavy atom. The van der Waals surface area contributed by atoms with Crippen molar-refractivity contribution in [2.24, 2.45) is 0 Å². The molecular weight excluding hydrogens is 723 g/mol. The first-order valence-corrected chi connectivity index (χ1v) is 22.5. The van der Waals surface area contributed by atoms with Crippen molar-refractivity contribution in [3.05, 3.63) is 148 Å². The van der Waals surface area contributed by atoms with Gasteiger partial charge in [0.15, 0.2) is 0 Å². The summed E-state index contributed by atoms with van der Waals surface area (Å²) < 4.78 is 0. The molecule has 6 aromatic rings. The average Bonchev–Trinajstić information content (AvgIpc) is 3.41. The van der Waals surface area contributed by atoms with E-state index in [4.69, 9.17) is 0 Å². The van der Waals surface area contributed by atoms with Crippen LogP contribution in [0, 0.1) is 13.8 Å². The number of rotatable bonds is 2. The van der Waals surface area contributed by atoms with Gasteiger partial charge < -0.3 is 9.80 Å². The first-order chi connectivity index (χ1) is 28.1. The summed E-state index contributed by atoms with van der Waals surface area (Å²) in [6.07, 6.45) is 2.37. The maximum atomic E-state index is 2.68. The van der Waals surface area contributed by atoms with Gasteiger partial charge in [-0.2, -0.15) is 0 Å². The molecule has 2 aliphatic heterocycles. The molecule has 0 bridgehead atoms. The van der Waals surface area contributed by atoms with Gasteiger partial charge in [-0.1, -0.05) is 150 Å². The van der Waals surface area contributed by atoms with E-state index in [-0.39, 0.29) is 33.8 Å². The summed E-state index contributed by atoms with van der Waals surface area (Å²) in [6, 6.07) is 41.2. The van der Waals surface area contributed by atoms with Crippen LogP contribution in [0.2, 0.25) is 0 Å². The van der Waals surface area contributed by atoms with Gasteiger partial charge in [-0.3, -0.25) is 0 Å². The molecule has 0 aromatic heterocycles. The molecule has 304 valence electrons. The molecule has 0 saturated heterocycles. The summed E-state index contributed by atoms with van der Waals surface area (Å²) in [5.41, 5.74) is 25.9. The zero-order valence-corrected chi connectivity index (χ0v) is 38.7. The summed E-state index contributed by atoms with van der Waals surface area (Å²) >= 11 is 0. The molecule has 2 nitrogen and oxygen atoms in total. The average molecular weight is 787 g/mol. The van der Waals surface area contributed by atoms with Crippen molar-refractivity contribution in [1.29, 1.82) is 0 Å². The lowest BCUT2D eigenvalue weighted by molar-refractivity contribution is 0.332. The SMILES string of the molecule is Cc1cc2c3c(c1)N(c1cccc4c1-c1ccccc1C4(C)C)c1ccc(C(C)(C)C)cc1B3c1cc3c(cc1N2c1ccc(C(C)(C)C)cc1C)C(C)(C)CCC3(C)C. The second-order valence-corrected chi connectivity index (χ2v) is 22.7. The normalized spacial score (nSPS) is 17.7. The second kappa shape index (κ2) is 12.5. The van der Waals surface area contributed by atoms with E-state index < -0.39 is 0 Å². The minimum Gasteiger partial charge on any atom is -0.311 e. The molecule has 0 atom stereocenters. The van der Waals surface area contributed by atoms with Crippen LogP contribution in [0.5, 0.6) is 0 Å². The minimum atomic E-state index is -0.0998. The molecule has 0 unspecified atom stereocenters. The first-order valence-electron chi connectivity index (χ1n) is 22.5. The molecule has 0 amide bonds. The molecule has 60 heavy (non-hydrogen) atoms. The number of benzene rings is 6. The molecule has 0 radical (unpaired) electrons. The van der Waals surface area contributed by atoms with Gasteiger partial charge in [-0.15, -0.1) is 0 Å². The number of aryl methyl sites for hydroxylation is 2. The molecule has 10 rings (SSSR count). The smallest absolute Gasteiger partial charge is 0.252 e. The highest BCUT2D eigenvalue weighted by molar-refractivity contribution is 7.00. The second-order valence-electron chi connectivity index (χ2n) is 22.7. The highest BCUT2D eigenvalue weighted by Gasteiger charge is 2.48. The Morgan fingerprint density at radius 2 is 1.03 bits per heavy atom. The predicted octanol–water partition coefficient (Wildman–Crippen LogP) is 13.6. The van der Waals surface area contributed by atoms with Gasteiger partial charge in [0.1, 0.15) is 0 Å². The summed E-state index contributed by atoms with van der Waals surface area (Å²) in [5.74, 6) is 0. The van der Waals surface area contributed by atoms with Crippen molar-refractivity contribution >= 4 is 57.2 Å². The Bertz CT molecular complexity index is 2800. The largest absolute Gasteiger partial charge is 0.311 e. The molecule has 3 heteroatoms. The van der Waals surface area contributed by atoms with E-state index in [1.807, 2.05) is 0 Å². The van der Waals surface area contributed by atoms with Crippen molar-refractivity contribution in [3.63, 3.8) is 0 Å². The van der Waals surface area contributed by atoms with Gasteiger partial charge in [0, 0.05) is 39.4 Å². The van der Waals surface area contributed by atoms with E-state index in [0.717, 1.165) is 0 Å². The highest BCUT2D eigenvalue weighted by Crippen LogP contribution is 2.56. The highest BCUT2D eigenvalue weighted by atomic mass is 15.2. The fourth-order valence-corrected chi connectivity index (χ4v) is 11.5. The first kappa shape index (κ1) is 39.1. The topological polar surface area (TPSA) is 6.48 Å². The number of hydrogen-bond donors (Lipinski definition) is 0. The Morgan fingerprint density at radius 1 is 0.483 bits per heavy atom. The van der Waals surface area contributed by atoms with Gasteiger partial charge in [-0.25, -0.2) is 0 Å². The predicted molar refractivity (Wildman–Crippen MR) is 260 cm³/mol. The number of nitrogens with zero attached hydrogens (tertiary/aromatic N) is 2. The Kier molecular flexibility index (Phi) is 8.17. The van der Waals surface area contributed by atoms with Gasteiger partial charge >= 0.3 is 0 Å². The van der Waals surface area contributed by atoms with Crippen LogP contribution in [0.15, 0.2) is 103 Å². The third-order valence-electron chi connectivity index (χ3n) is 15.2. The number of anilines is 6. The van der Waals surface area contributed by atoms with Crippen LogP contribution in [-0.2, 0) is 27.1 Å². The van der Waals surface area contributed by atoms with Gasteiger partial charge in [-0.05, 0) is 151 Å². The third-order valence-corrected chi connectivity index (χ3v) is 15.2. The van der Waals surface area contributed by atoms with Crippen molar-refractivity contribution in [3.8, 4) is 11.1 Å². The van der Waals surface area contributed by atoms with Crippen molar-refractivity contribution in [2.75, 3.05) is 9.80 Å². The van der Waals surface area contributed by atoms with E-state index in [2.05, 4.69) is 210 Å². The third kappa shape index (κ3) is 5.53. The monoisotopic (exact) mass is 787 g/mol. The van der Waals surface area contributed by atoms with E-state index in [1.54, 1.807) is 0 Å². The lowest BCUT2D eigenvalue weighted by Gasteiger charge is -2.48. The summed E-state index contributed by atoms with van der Waals surface area (Å²) in [4.78, 5) is 5.33. The summed E-state index contributed by atoms with van der Waals surface area (Å²) in [5, 5.41) is 0. The Labute approximate surface area is 361 Å². The zero-order valence-electron chi connectivity index (χ0n) is 38.7. The Hall–Kier alpha value is -5.02. The van der Waals surface area contributed by atoms with E-state index in [0.29, 0.717) is 0 Å². The van der Waals surface area contributed by atoms with Crippen LogP contribution in [0.3, 0.4) is 0 Å². The Balaban J connectivity index is 1.34. The number of hydrogen-bond acceptors (Lipinski definition) is 2. The van der Waals surface area contributed by atoms with Crippen LogP contribution in [0.25, 0.3) is 11.1 Å². The zero-order chi connectivity index (χ0) is 42.6.